The Morgan fingerprint density at radius 3 is 2.48 bits per heavy atom. The molecule has 0 fully saturated rings. The van der Waals surface area contributed by atoms with Gasteiger partial charge >= 0.3 is 0 Å². The molecule has 0 spiro atoms. The van der Waals surface area contributed by atoms with Crippen LogP contribution in [0.4, 0.5) is 0 Å². The van der Waals surface area contributed by atoms with Gasteiger partial charge in [0.15, 0.2) is 5.11 Å². The highest BCUT2D eigenvalue weighted by Crippen LogP contribution is 2.00. The van der Waals surface area contributed by atoms with Crippen LogP contribution in [-0.2, 0) is 14.3 Å². The van der Waals surface area contributed by atoms with Crippen molar-refractivity contribution >= 4 is 35.2 Å². The maximum atomic E-state index is 11.9. The zero-order valence-corrected chi connectivity index (χ0v) is 15.4. The Morgan fingerprint density at radius 1 is 1.16 bits per heavy atom. The molecule has 1 aromatic rings. The van der Waals surface area contributed by atoms with E-state index in [1.165, 1.54) is 6.08 Å². The number of nitrogens with one attached hydrogen (secondary N) is 4. The molecular formula is C17H24N4O3S. The zero-order valence-electron chi connectivity index (χ0n) is 14.5. The Bertz CT molecular complexity index is 607. The normalized spacial score (nSPS) is 12.9. The summed E-state index contributed by atoms with van der Waals surface area (Å²) >= 11 is 5.04. The van der Waals surface area contributed by atoms with Gasteiger partial charge in [0.05, 0.1) is 6.61 Å². The van der Waals surface area contributed by atoms with Crippen molar-refractivity contribution in [1.82, 2.24) is 21.5 Å². The molecule has 25 heavy (non-hydrogen) atoms. The third-order valence-corrected chi connectivity index (χ3v) is 3.29. The first-order chi connectivity index (χ1) is 11.9. The number of hydrogen-bond donors (Lipinski definition) is 4. The van der Waals surface area contributed by atoms with Crippen LogP contribution in [0.5, 0.6) is 0 Å². The molecule has 0 aromatic heterocycles. The van der Waals surface area contributed by atoms with Crippen molar-refractivity contribution in [3.63, 3.8) is 0 Å². The molecule has 136 valence electrons. The zero-order chi connectivity index (χ0) is 18.7. The van der Waals surface area contributed by atoms with E-state index in [4.69, 9.17) is 17.0 Å². The highest BCUT2D eigenvalue weighted by atomic mass is 32.1. The first kappa shape index (κ1) is 20.6. The molecule has 8 heteroatoms. The van der Waals surface area contributed by atoms with Gasteiger partial charge < -0.3 is 15.4 Å². The molecule has 1 rings (SSSR count). The average molecular weight is 364 g/mol. The third kappa shape index (κ3) is 8.83. The lowest BCUT2D eigenvalue weighted by atomic mass is 10.2. The van der Waals surface area contributed by atoms with E-state index in [0.29, 0.717) is 6.61 Å². The van der Waals surface area contributed by atoms with Crippen LogP contribution in [-0.4, -0.2) is 42.7 Å². The van der Waals surface area contributed by atoms with Gasteiger partial charge in [-0.25, -0.2) is 0 Å². The first-order valence-corrected chi connectivity index (χ1v) is 8.22. The molecule has 4 N–H and O–H groups in total. The summed E-state index contributed by atoms with van der Waals surface area (Å²) in [5.41, 5.74) is 5.92. The maximum Gasteiger partial charge on any atom is 0.260 e. The fourth-order valence-corrected chi connectivity index (χ4v) is 2.09. The lowest BCUT2D eigenvalue weighted by molar-refractivity contribution is -0.127. The SMILES string of the molecule is COC[C@H](C)NC(=S)NNC(=O)[C@H](C)NC(=O)/C=C/c1ccccc1. The van der Waals surface area contributed by atoms with E-state index < -0.39 is 11.9 Å². The predicted molar refractivity (Wildman–Crippen MR) is 101 cm³/mol. The second-order valence-corrected chi connectivity index (χ2v) is 5.83. The Morgan fingerprint density at radius 2 is 1.84 bits per heavy atom. The minimum absolute atomic E-state index is 0.00199. The molecule has 0 radical (unpaired) electrons. The van der Waals surface area contributed by atoms with Crippen LogP contribution in [0.2, 0.25) is 0 Å². The second-order valence-electron chi connectivity index (χ2n) is 5.42. The summed E-state index contributed by atoms with van der Waals surface area (Å²) in [6.45, 7) is 3.95. The second kappa shape index (κ2) is 11.2. The van der Waals surface area contributed by atoms with Gasteiger partial charge in [0.25, 0.3) is 5.91 Å². The first-order valence-electron chi connectivity index (χ1n) is 7.81. The van der Waals surface area contributed by atoms with Gasteiger partial charge in [-0.2, -0.15) is 0 Å². The van der Waals surface area contributed by atoms with Crippen LogP contribution in [0.3, 0.4) is 0 Å². The van der Waals surface area contributed by atoms with E-state index in [1.807, 2.05) is 37.3 Å². The molecule has 0 bridgehead atoms. The number of methoxy groups -OCH3 is 1. The maximum absolute atomic E-state index is 11.9. The van der Waals surface area contributed by atoms with Crippen LogP contribution in [0.15, 0.2) is 36.4 Å². The average Bonchev–Trinajstić information content (AvgIpc) is 2.58. The highest BCUT2D eigenvalue weighted by Gasteiger charge is 2.14. The molecule has 1 aromatic carbocycles. The fraction of sp³-hybridized carbons (Fsp3) is 0.353. The fourth-order valence-electron chi connectivity index (χ4n) is 1.84. The minimum Gasteiger partial charge on any atom is -0.383 e. The molecule has 0 aliphatic rings. The van der Waals surface area contributed by atoms with Gasteiger partial charge in [-0.3, -0.25) is 20.4 Å². The van der Waals surface area contributed by atoms with Gasteiger partial charge in [-0.1, -0.05) is 30.3 Å². The molecule has 0 unspecified atom stereocenters. The molecule has 0 saturated heterocycles. The molecule has 0 aliphatic heterocycles. The molecule has 7 nitrogen and oxygen atoms in total. The van der Waals surface area contributed by atoms with Crippen molar-refractivity contribution in [2.24, 2.45) is 0 Å². The van der Waals surface area contributed by atoms with E-state index in [-0.39, 0.29) is 17.1 Å². The standard InChI is InChI=1S/C17H24N4O3S/c1-12(11-24-3)18-17(25)21-20-16(23)13(2)19-15(22)10-9-14-7-5-4-6-8-14/h4-10,12-13H,11H2,1-3H3,(H,19,22)(H,20,23)(H2,18,21,25)/b10-9+/t12-,13-/m0/s1. The van der Waals surface area contributed by atoms with Crippen LogP contribution in [0.25, 0.3) is 6.08 Å². The minimum atomic E-state index is -0.723. The van der Waals surface area contributed by atoms with Crippen LogP contribution >= 0.6 is 12.2 Å². The van der Waals surface area contributed by atoms with Crippen molar-refractivity contribution in [2.45, 2.75) is 25.9 Å². The number of hydrazine groups is 1. The summed E-state index contributed by atoms with van der Waals surface area (Å²) in [4.78, 5) is 23.8. The smallest absolute Gasteiger partial charge is 0.260 e. The summed E-state index contributed by atoms with van der Waals surface area (Å²) in [5.74, 6) is -0.772. The summed E-state index contributed by atoms with van der Waals surface area (Å²) < 4.78 is 4.98. The molecular weight excluding hydrogens is 340 g/mol. The number of hydrogen-bond acceptors (Lipinski definition) is 4. The summed E-state index contributed by atoms with van der Waals surface area (Å²) in [5, 5.41) is 5.77. The van der Waals surface area contributed by atoms with Crippen molar-refractivity contribution in [2.75, 3.05) is 13.7 Å². The van der Waals surface area contributed by atoms with Crippen LogP contribution in [0, 0.1) is 0 Å². The molecule has 0 saturated carbocycles. The largest absolute Gasteiger partial charge is 0.383 e. The highest BCUT2D eigenvalue weighted by molar-refractivity contribution is 7.80. The Labute approximate surface area is 153 Å². The van der Waals surface area contributed by atoms with Crippen LogP contribution < -0.4 is 21.5 Å². The Hall–Kier alpha value is -2.45. The summed E-state index contributed by atoms with van der Waals surface area (Å²) in [6.07, 6.45) is 3.06. The summed E-state index contributed by atoms with van der Waals surface area (Å²) in [7, 11) is 1.59. The lowest BCUT2D eigenvalue weighted by Crippen LogP contribution is -2.54. The topological polar surface area (TPSA) is 91.5 Å². The van der Waals surface area contributed by atoms with E-state index >= 15 is 0 Å². The number of carbonyl (C=O) groups excluding carboxylic acids is 2. The molecule has 0 aliphatic carbocycles. The third-order valence-electron chi connectivity index (χ3n) is 3.07. The lowest BCUT2D eigenvalue weighted by Gasteiger charge is -2.18. The number of benzene rings is 1. The van der Waals surface area contributed by atoms with Gasteiger partial charge in [0.2, 0.25) is 5.91 Å². The number of thiocarbonyl (C=S) groups is 1. The number of carbonyl (C=O) groups is 2. The van der Waals surface area contributed by atoms with Crippen LogP contribution in [0.1, 0.15) is 19.4 Å². The summed E-state index contributed by atoms with van der Waals surface area (Å²) in [6, 6.07) is 8.69. The van der Waals surface area contributed by atoms with Crippen molar-refractivity contribution in [3.8, 4) is 0 Å². The van der Waals surface area contributed by atoms with Crippen molar-refractivity contribution in [1.29, 1.82) is 0 Å². The molecule has 2 amide bonds. The Balaban J connectivity index is 2.34. The van der Waals surface area contributed by atoms with E-state index in [2.05, 4.69) is 21.5 Å². The van der Waals surface area contributed by atoms with Gasteiger partial charge in [0, 0.05) is 19.2 Å². The quantitative estimate of drug-likeness (QED) is 0.324. The van der Waals surface area contributed by atoms with E-state index in [0.717, 1.165) is 5.56 Å². The van der Waals surface area contributed by atoms with E-state index in [1.54, 1.807) is 20.1 Å². The number of amides is 2. The Kier molecular flexibility index (Phi) is 9.20. The molecule has 0 heterocycles. The van der Waals surface area contributed by atoms with E-state index in [9.17, 15) is 9.59 Å². The van der Waals surface area contributed by atoms with Crippen molar-refractivity contribution in [3.05, 3.63) is 42.0 Å². The van der Waals surface area contributed by atoms with Gasteiger partial charge in [-0.15, -0.1) is 0 Å². The number of rotatable bonds is 7. The predicted octanol–water partition coefficient (Wildman–Crippen LogP) is 0.735. The van der Waals surface area contributed by atoms with Gasteiger partial charge in [0.1, 0.15) is 6.04 Å². The number of ether oxygens (including phenoxy) is 1. The van der Waals surface area contributed by atoms with Gasteiger partial charge in [-0.05, 0) is 37.7 Å². The molecule has 2 atom stereocenters. The monoisotopic (exact) mass is 364 g/mol. The van der Waals surface area contributed by atoms with Crippen molar-refractivity contribution < 1.29 is 14.3 Å².